The molecule has 2 bridgehead atoms. The molecular weight excluding hydrogens is 328 g/mol. The lowest BCUT2D eigenvalue weighted by molar-refractivity contribution is -0.143. The maximum atomic E-state index is 12.7. The summed E-state index contributed by atoms with van der Waals surface area (Å²) in [6, 6.07) is 6.00. The first-order valence-corrected chi connectivity index (χ1v) is 9.81. The van der Waals surface area contributed by atoms with Crippen LogP contribution in [0.2, 0.25) is 0 Å². The number of imide groups is 1. The van der Waals surface area contributed by atoms with Gasteiger partial charge in [-0.15, -0.1) is 0 Å². The summed E-state index contributed by atoms with van der Waals surface area (Å²) in [6.07, 6.45) is 4.75. The SMILES string of the molecule is CCc1cccc(CC)c1NC(=O)CN1C(=O)[C@H]2[C@H]3CC[C@@H](C3)[C@@H]2C1=O. The first kappa shape index (κ1) is 17.3. The Morgan fingerprint density at radius 2 is 1.58 bits per heavy atom. The fraction of sp³-hybridized carbons (Fsp3) is 0.571. The van der Waals surface area contributed by atoms with Crippen LogP contribution < -0.4 is 5.32 Å². The minimum Gasteiger partial charge on any atom is -0.324 e. The van der Waals surface area contributed by atoms with Gasteiger partial charge in [-0.1, -0.05) is 32.0 Å². The second kappa shape index (κ2) is 6.53. The van der Waals surface area contributed by atoms with Crippen LogP contribution in [0, 0.1) is 23.7 Å². The molecule has 0 radical (unpaired) electrons. The fourth-order valence-corrected chi connectivity index (χ4v) is 5.35. The van der Waals surface area contributed by atoms with Gasteiger partial charge >= 0.3 is 0 Å². The first-order valence-electron chi connectivity index (χ1n) is 9.81. The molecule has 2 saturated carbocycles. The zero-order valence-electron chi connectivity index (χ0n) is 15.5. The molecule has 2 aliphatic carbocycles. The maximum Gasteiger partial charge on any atom is 0.244 e. The van der Waals surface area contributed by atoms with E-state index in [9.17, 15) is 14.4 Å². The van der Waals surface area contributed by atoms with E-state index >= 15 is 0 Å². The smallest absolute Gasteiger partial charge is 0.244 e. The normalized spacial score (nSPS) is 29.4. The zero-order chi connectivity index (χ0) is 18.4. The van der Waals surface area contributed by atoms with E-state index in [4.69, 9.17) is 0 Å². The van der Waals surface area contributed by atoms with Crippen LogP contribution in [0.3, 0.4) is 0 Å². The molecule has 1 aromatic rings. The summed E-state index contributed by atoms with van der Waals surface area (Å²) in [5, 5.41) is 2.97. The number of anilines is 1. The number of likely N-dealkylation sites (tertiary alicyclic amines) is 1. The van der Waals surface area contributed by atoms with E-state index < -0.39 is 0 Å². The summed E-state index contributed by atoms with van der Waals surface area (Å²) in [7, 11) is 0. The van der Waals surface area contributed by atoms with E-state index in [2.05, 4.69) is 19.2 Å². The fourth-order valence-electron chi connectivity index (χ4n) is 5.35. The molecule has 138 valence electrons. The van der Waals surface area contributed by atoms with Gasteiger partial charge in [-0.2, -0.15) is 0 Å². The van der Waals surface area contributed by atoms with Gasteiger partial charge in [0.25, 0.3) is 0 Å². The monoisotopic (exact) mass is 354 g/mol. The van der Waals surface area contributed by atoms with Gasteiger partial charge in [-0.25, -0.2) is 0 Å². The Bertz CT molecular complexity index is 722. The van der Waals surface area contributed by atoms with Gasteiger partial charge in [-0.05, 0) is 55.1 Å². The molecule has 3 amide bonds. The third kappa shape index (κ3) is 2.56. The topological polar surface area (TPSA) is 66.5 Å². The van der Waals surface area contributed by atoms with Crippen molar-refractivity contribution < 1.29 is 14.4 Å². The molecule has 1 N–H and O–H groups in total. The van der Waals surface area contributed by atoms with Crippen LogP contribution in [0.15, 0.2) is 18.2 Å². The molecule has 5 heteroatoms. The van der Waals surface area contributed by atoms with Gasteiger partial charge in [-0.3, -0.25) is 19.3 Å². The van der Waals surface area contributed by atoms with Crippen LogP contribution in [0.1, 0.15) is 44.2 Å². The number of carbonyl (C=O) groups is 3. The molecule has 1 aromatic carbocycles. The molecule has 0 unspecified atom stereocenters. The molecule has 0 aromatic heterocycles. The van der Waals surface area contributed by atoms with Gasteiger partial charge in [0.1, 0.15) is 6.54 Å². The summed E-state index contributed by atoms with van der Waals surface area (Å²) in [6.45, 7) is 3.94. The lowest BCUT2D eigenvalue weighted by atomic mass is 9.81. The highest BCUT2D eigenvalue weighted by molar-refractivity contribution is 6.09. The van der Waals surface area contributed by atoms with Crippen LogP contribution in [-0.4, -0.2) is 29.2 Å². The number of rotatable bonds is 5. The quantitative estimate of drug-likeness (QED) is 0.827. The summed E-state index contributed by atoms with van der Waals surface area (Å²) in [5.74, 6) is -0.159. The Morgan fingerprint density at radius 3 is 2.08 bits per heavy atom. The Morgan fingerprint density at radius 1 is 1.04 bits per heavy atom. The van der Waals surface area contributed by atoms with Crippen molar-refractivity contribution in [3.05, 3.63) is 29.3 Å². The Hall–Kier alpha value is -2.17. The average Bonchev–Trinajstić information content (AvgIpc) is 3.32. The molecule has 3 aliphatic rings. The molecule has 26 heavy (non-hydrogen) atoms. The highest BCUT2D eigenvalue weighted by atomic mass is 16.2. The van der Waals surface area contributed by atoms with Crippen LogP contribution >= 0.6 is 0 Å². The van der Waals surface area contributed by atoms with E-state index in [0.29, 0.717) is 11.8 Å². The molecule has 5 nitrogen and oxygen atoms in total. The standard InChI is InChI=1S/C21H26N2O3/c1-3-12-6-5-7-13(4-2)19(12)22-16(24)11-23-20(25)17-14-8-9-15(10-14)18(17)21(23)26/h5-7,14-15,17-18H,3-4,8-11H2,1-2H3,(H,22,24)/t14-,15-,17-,18-/m0/s1. The van der Waals surface area contributed by atoms with Crippen LogP contribution in [-0.2, 0) is 27.2 Å². The zero-order valence-corrected chi connectivity index (χ0v) is 15.5. The van der Waals surface area contributed by atoms with Crippen molar-refractivity contribution in [1.29, 1.82) is 0 Å². The van der Waals surface area contributed by atoms with E-state index in [-0.39, 0.29) is 36.1 Å². The van der Waals surface area contributed by atoms with Gasteiger partial charge in [0, 0.05) is 5.69 Å². The van der Waals surface area contributed by atoms with E-state index in [1.165, 1.54) is 4.90 Å². The summed E-state index contributed by atoms with van der Waals surface area (Å²) < 4.78 is 0. The molecule has 0 spiro atoms. The van der Waals surface area contributed by atoms with Crippen LogP contribution in [0.25, 0.3) is 0 Å². The largest absolute Gasteiger partial charge is 0.324 e. The Kier molecular flexibility index (Phi) is 4.33. The second-order valence-corrected chi connectivity index (χ2v) is 7.85. The number of nitrogens with zero attached hydrogens (tertiary/aromatic N) is 1. The summed E-state index contributed by atoms with van der Waals surface area (Å²) in [4.78, 5) is 39.3. The van der Waals surface area contributed by atoms with Gasteiger partial charge in [0.2, 0.25) is 17.7 Å². The maximum absolute atomic E-state index is 12.7. The second-order valence-electron chi connectivity index (χ2n) is 7.85. The molecule has 3 fully saturated rings. The third-order valence-corrected chi connectivity index (χ3v) is 6.58. The first-order chi connectivity index (χ1) is 12.5. The van der Waals surface area contributed by atoms with Gasteiger partial charge < -0.3 is 5.32 Å². The van der Waals surface area contributed by atoms with Gasteiger partial charge in [0.05, 0.1) is 11.8 Å². The number of benzene rings is 1. The van der Waals surface area contributed by atoms with Crippen molar-refractivity contribution >= 4 is 23.4 Å². The Labute approximate surface area is 154 Å². The van der Waals surface area contributed by atoms with Crippen molar-refractivity contribution in [3.63, 3.8) is 0 Å². The Balaban J connectivity index is 1.50. The molecule has 1 aliphatic heterocycles. The van der Waals surface area contributed by atoms with E-state index in [1.807, 2.05) is 18.2 Å². The highest BCUT2D eigenvalue weighted by Crippen LogP contribution is 2.56. The third-order valence-electron chi connectivity index (χ3n) is 6.58. The molecular formula is C21H26N2O3. The molecule has 4 rings (SSSR count). The summed E-state index contributed by atoms with van der Waals surface area (Å²) >= 11 is 0. The van der Waals surface area contributed by atoms with Crippen molar-refractivity contribution in [3.8, 4) is 0 Å². The minimum absolute atomic E-state index is 0.123. The van der Waals surface area contributed by atoms with Crippen LogP contribution in [0.5, 0.6) is 0 Å². The lowest BCUT2D eigenvalue weighted by Gasteiger charge is -2.19. The lowest BCUT2D eigenvalue weighted by Crippen LogP contribution is -2.39. The molecule has 4 atom stereocenters. The van der Waals surface area contributed by atoms with Crippen molar-refractivity contribution in [2.75, 3.05) is 11.9 Å². The van der Waals surface area contributed by atoms with Crippen molar-refractivity contribution in [2.24, 2.45) is 23.7 Å². The molecule has 1 saturated heterocycles. The summed E-state index contributed by atoms with van der Waals surface area (Å²) in [5.41, 5.74) is 2.99. The number of aryl methyl sites for hydroxylation is 2. The highest BCUT2D eigenvalue weighted by Gasteiger charge is 2.60. The molecule has 1 heterocycles. The number of carbonyl (C=O) groups excluding carboxylic acids is 3. The van der Waals surface area contributed by atoms with Crippen LogP contribution in [0.4, 0.5) is 5.69 Å². The predicted molar refractivity (Wildman–Crippen MR) is 98.4 cm³/mol. The number of hydrogen-bond acceptors (Lipinski definition) is 3. The number of para-hydroxylation sites is 1. The predicted octanol–water partition coefficient (Wildman–Crippen LogP) is 2.78. The van der Waals surface area contributed by atoms with E-state index in [0.717, 1.165) is 48.9 Å². The number of nitrogens with one attached hydrogen (secondary N) is 1. The number of fused-ring (bicyclic) bond motifs is 5. The number of hydrogen-bond donors (Lipinski definition) is 1. The minimum atomic E-state index is -0.283. The van der Waals surface area contributed by atoms with E-state index in [1.54, 1.807) is 0 Å². The van der Waals surface area contributed by atoms with Crippen molar-refractivity contribution in [2.45, 2.75) is 46.0 Å². The van der Waals surface area contributed by atoms with Crippen molar-refractivity contribution in [1.82, 2.24) is 4.90 Å². The number of amides is 3. The average molecular weight is 354 g/mol. The van der Waals surface area contributed by atoms with Gasteiger partial charge in [0.15, 0.2) is 0 Å².